The first kappa shape index (κ1) is 18.8. The van der Waals surface area contributed by atoms with Crippen molar-refractivity contribution in [1.82, 2.24) is 30.2 Å². The zero-order chi connectivity index (χ0) is 19.7. The molecule has 0 aliphatic carbocycles. The van der Waals surface area contributed by atoms with Gasteiger partial charge in [-0.3, -0.25) is 0 Å². The molecular formula is C17H16N6O2S3. The van der Waals surface area contributed by atoms with E-state index in [4.69, 9.17) is 0 Å². The third-order valence-corrected chi connectivity index (χ3v) is 7.39. The predicted molar refractivity (Wildman–Crippen MR) is 107 cm³/mol. The van der Waals surface area contributed by atoms with Crippen LogP contribution < -0.4 is 0 Å². The lowest BCUT2D eigenvalue weighted by atomic mass is 10.2. The van der Waals surface area contributed by atoms with Gasteiger partial charge in [-0.2, -0.15) is 4.68 Å². The van der Waals surface area contributed by atoms with Crippen molar-refractivity contribution in [3.8, 4) is 16.4 Å². The first-order valence-corrected chi connectivity index (χ1v) is 11.8. The van der Waals surface area contributed by atoms with Gasteiger partial charge in [-0.15, -0.1) is 22.7 Å². The summed E-state index contributed by atoms with van der Waals surface area (Å²) in [6.07, 6.45) is 0. The van der Waals surface area contributed by atoms with E-state index in [1.165, 1.54) is 16.0 Å². The molecule has 11 heteroatoms. The van der Waals surface area contributed by atoms with Crippen LogP contribution >= 0.6 is 22.7 Å². The molecule has 3 heterocycles. The fraction of sp³-hybridized carbons (Fsp3) is 0.235. The van der Waals surface area contributed by atoms with Crippen LogP contribution in [-0.4, -0.2) is 38.6 Å². The summed E-state index contributed by atoms with van der Waals surface area (Å²) in [5.41, 5.74) is 1.80. The molecular weight excluding hydrogens is 416 g/mol. The van der Waals surface area contributed by atoms with Gasteiger partial charge >= 0.3 is 0 Å². The Hall–Kier alpha value is -2.50. The zero-order valence-electron chi connectivity index (χ0n) is 15.1. The first-order chi connectivity index (χ1) is 13.4. The van der Waals surface area contributed by atoms with E-state index >= 15 is 0 Å². The van der Waals surface area contributed by atoms with Crippen molar-refractivity contribution in [2.24, 2.45) is 0 Å². The van der Waals surface area contributed by atoms with Crippen LogP contribution in [-0.2, 0) is 15.6 Å². The Morgan fingerprint density at radius 3 is 2.57 bits per heavy atom. The van der Waals surface area contributed by atoms with E-state index in [9.17, 15) is 8.42 Å². The molecule has 0 spiro atoms. The molecule has 0 N–H and O–H groups in total. The van der Waals surface area contributed by atoms with Crippen molar-refractivity contribution in [3.05, 3.63) is 51.8 Å². The molecule has 0 saturated carbocycles. The summed E-state index contributed by atoms with van der Waals surface area (Å²) in [6.45, 7) is 4.17. The van der Waals surface area contributed by atoms with E-state index in [2.05, 4.69) is 39.3 Å². The lowest BCUT2D eigenvalue weighted by Crippen LogP contribution is -2.13. The van der Waals surface area contributed by atoms with Gasteiger partial charge in [-0.05, 0) is 22.6 Å². The molecule has 0 amide bonds. The van der Waals surface area contributed by atoms with E-state index in [0.717, 1.165) is 10.7 Å². The Labute approximate surface area is 169 Å². The summed E-state index contributed by atoms with van der Waals surface area (Å²) in [6, 6.07) is 8.90. The second kappa shape index (κ2) is 7.49. The Morgan fingerprint density at radius 2 is 1.86 bits per heavy atom. The molecule has 0 aliphatic heterocycles. The standard InChI is InChI=1S/C17H16N6O2S3/c1-11(2)15-19-14(9-27-15)16-18-12(8-26-16)10-28(24,25)17-20-21-22-23(17)13-6-4-3-5-7-13/h3-9,11H,10H2,1-2H3. The average Bonchev–Trinajstić information content (AvgIpc) is 3.42. The fourth-order valence-corrected chi connectivity index (χ4v) is 5.52. The van der Waals surface area contributed by atoms with Gasteiger partial charge in [0.15, 0.2) is 0 Å². The molecule has 1 aromatic carbocycles. The van der Waals surface area contributed by atoms with Crippen LogP contribution in [0.5, 0.6) is 0 Å². The third-order valence-electron chi connectivity index (χ3n) is 3.84. The molecule has 0 saturated heterocycles. The van der Waals surface area contributed by atoms with Crippen molar-refractivity contribution in [2.45, 2.75) is 30.7 Å². The van der Waals surface area contributed by atoms with Crippen LogP contribution in [0.15, 0.2) is 46.2 Å². The van der Waals surface area contributed by atoms with Gasteiger partial charge in [0.2, 0.25) is 9.84 Å². The number of hydrogen-bond acceptors (Lipinski definition) is 9. The summed E-state index contributed by atoms with van der Waals surface area (Å²) in [4.78, 5) is 9.03. The molecule has 0 fully saturated rings. The predicted octanol–water partition coefficient (Wildman–Crippen LogP) is 3.34. The van der Waals surface area contributed by atoms with Gasteiger partial charge in [-0.1, -0.05) is 37.1 Å². The molecule has 4 rings (SSSR count). The maximum Gasteiger partial charge on any atom is 0.272 e. The minimum absolute atomic E-state index is 0.205. The van der Waals surface area contributed by atoms with Gasteiger partial charge in [0.25, 0.3) is 5.16 Å². The minimum atomic E-state index is -3.77. The Kier molecular flexibility index (Phi) is 5.04. The van der Waals surface area contributed by atoms with Crippen molar-refractivity contribution < 1.29 is 8.42 Å². The first-order valence-electron chi connectivity index (χ1n) is 8.41. The summed E-state index contributed by atoms with van der Waals surface area (Å²) in [7, 11) is -3.77. The normalized spacial score (nSPS) is 12.0. The number of sulfone groups is 1. The lowest BCUT2D eigenvalue weighted by Gasteiger charge is -2.04. The van der Waals surface area contributed by atoms with Crippen LogP contribution in [0.2, 0.25) is 0 Å². The van der Waals surface area contributed by atoms with E-state index in [-0.39, 0.29) is 10.9 Å². The summed E-state index contributed by atoms with van der Waals surface area (Å²) >= 11 is 2.96. The molecule has 144 valence electrons. The number of thiazole rings is 2. The Balaban J connectivity index is 1.60. The van der Waals surface area contributed by atoms with Crippen LogP contribution in [0.1, 0.15) is 30.5 Å². The maximum absolute atomic E-state index is 12.9. The Bertz CT molecular complexity index is 1190. The van der Waals surface area contributed by atoms with E-state index < -0.39 is 9.84 Å². The number of para-hydroxylation sites is 1. The molecule has 0 aliphatic rings. The van der Waals surface area contributed by atoms with Crippen molar-refractivity contribution in [3.63, 3.8) is 0 Å². The van der Waals surface area contributed by atoms with Gasteiger partial charge in [0.05, 0.1) is 16.4 Å². The molecule has 4 aromatic rings. The van der Waals surface area contributed by atoms with Gasteiger partial charge < -0.3 is 0 Å². The number of aromatic nitrogens is 6. The third kappa shape index (κ3) is 3.73. The van der Waals surface area contributed by atoms with Crippen LogP contribution in [0.4, 0.5) is 0 Å². The highest BCUT2D eigenvalue weighted by Gasteiger charge is 2.26. The number of rotatable bonds is 6. The summed E-state index contributed by atoms with van der Waals surface area (Å²) < 4.78 is 27.0. The van der Waals surface area contributed by atoms with Crippen LogP contribution in [0.3, 0.4) is 0 Å². The monoisotopic (exact) mass is 432 g/mol. The fourth-order valence-electron chi connectivity index (χ4n) is 2.51. The van der Waals surface area contributed by atoms with E-state index in [1.807, 2.05) is 11.4 Å². The highest BCUT2D eigenvalue weighted by Crippen LogP contribution is 2.29. The molecule has 0 bridgehead atoms. The number of hydrogen-bond donors (Lipinski definition) is 0. The summed E-state index contributed by atoms with van der Waals surface area (Å²) in [5, 5.41) is 16.3. The molecule has 0 unspecified atom stereocenters. The zero-order valence-corrected chi connectivity index (χ0v) is 17.5. The highest BCUT2D eigenvalue weighted by molar-refractivity contribution is 7.90. The van der Waals surface area contributed by atoms with E-state index in [0.29, 0.717) is 22.3 Å². The largest absolute Gasteiger partial charge is 0.272 e. The molecule has 28 heavy (non-hydrogen) atoms. The molecule has 3 aromatic heterocycles. The lowest BCUT2D eigenvalue weighted by molar-refractivity contribution is 0.579. The van der Waals surface area contributed by atoms with Crippen LogP contribution in [0, 0.1) is 0 Å². The second-order valence-electron chi connectivity index (χ2n) is 6.34. The number of tetrazole rings is 1. The molecule has 0 radical (unpaired) electrons. The van der Waals surface area contributed by atoms with Gasteiger partial charge in [-0.25, -0.2) is 18.4 Å². The average molecular weight is 433 g/mol. The topological polar surface area (TPSA) is 104 Å². The van der Waals surface area contributed by atoms with Gasteiger partial charge in [0, 0.05) is 16.7 Å². The quantitative estimate of drug-likeness (QED) is 0.460. The summed E-state index contributed by atoms with van der Waals surface area (Å²) in [5.74, 6) is 0.0631. The SMILES string of the molecule is CC(C)c1nc(-c2nc(CS(=O)(=O)c3nnnn3-c3ccccc3)cs2)cs1. The maximum atomic E-state index is 12.9. The molecule has 0 atom stereocenters. The van der Waals surface area contributed by atoms with E-state index in [1.54, 1.807) is 41.0 Å². The second-order valence-corrected chi connectivity index (χ2v) is 9.97. The van der Waals surface area contributed by atoms with Crippen molar-refractivity contribution in [2.75, 3.05) is 0 Å². The smallest absolute Gasteiger partial charge is 0.238 e. The van der Waals surface area contributed by atoms with Crippen molar-refractivity contribution >= 4 is 32.5 Å². The molecule has 8 nitrogen and oxygen atoms in total. The number of benzene rings is 1. The van der Waals surface area contributed by atoms with Crippen LogP contribution in [0.25, 0.3) is 16.4 Å². The van der Waals surface area contributed by atoms with Gasteiger partial charge in [0.1, 0.15) is 16.5 Å². The highest BCUT2D eigenvalue weighted by atomic mass is 32.2. The number of nitrogens with zero attached hydrogens (tertiary/aromatic N) is 6. The Morgan fingerprint density at radius 1 is 1.07 bits per heavy atom. The van der Waals surface area contributed by atoms with Crippen molar-refractivity contribution in [1.29, 1.82) is 0 Å². The minimum Gasteiger partial charge on any atom is -0.238 e.